The summed E-state index contributed by atoms with van der Waals surface area (Å²) in [6.45, 7) is 9.10. The molecule has 21 heavy (non-hydrogen) atoms. The summed E-state index contributed by atoms with van der Waals surface area (Å²) in [4.78, 5) is 4.42. The van der Waals surface area contributed by atoms with E-state index in [9.17, 15) is 0 Å². The third kappa shape index (κ3) is 6.67. The van der Waals surface area contributed by atoms with E-state index < -0.39 is 0 Å². The highest BCUT2D eigenvalue weighted by molar-refractivity contribution is 5.07. The first-order chi connectivity index (χ1) is 10.2. The molecular formula is C19H36N2. The molecule has 1 rings (SSSR count). The van der Waals surface area contributed by atoms with E-state index in [1.165, 1.54) is 69.9 Å². The zero-order chi connectivity index (χ0) is 15.5. The number of unbranched alkanes of at least 4 members (excludes halogenated alkanes) is 6. The molecule has 2 heteroatoms. The van der Waals surface area contributed by atoms with E-state index in [4.69, 9.17) is 0 Å². The van der Waals surface area contributed by atoms with Crippen molar-refractivity contribution < 1.29 is 0 Å². The lowest BCUT2D eigenvalue weighted by molar-refractivity contribution is 0.457. The van der Waals surface area contributed by atoms with Gasteiger partial charge >= 0.3 is 0 Å². The van der Waals surface area contributed by atoms with Crippen LogP contribution in [-0.2, 0) is 0 Å². The normalized spacial score (nSPS) is 11.7. The molecule has 0 aliphatic rings. The third-order valence-electron chi connectivity index (χ3n) is 4.48. The molecule has 122 valence electrons. The fraction of sp³-hybridized carbons (Fsp3) is 0.842. The minimum Gasteiger partial charge on any atom is -0.332 e. The smallest absolute Gasteiger partial charge is 0.0950 e. The Morgan fingerprint density at radius 3 is 1.95 bits per heavy atom. The summed E-state index contributed by atoms with van der Waals surface area (Å²) in [6, 6.07) is 0.524. The molecule has 2 nitrogen and oxygen atoms in total. The van der Waals surface area contributed by atoms with Gasteiger partial charge in [-0.15, -0.1) is 0 Å². The highest BCUT2D eigenvalue weighted by Crippen LogP contribution is 2.29. The Balaban J connectivity index is 2.59. The zero-order valence-corrected chi connectivity index (χ0v) is 14.8. The van der Waals surface area contributed by atoms with Gasteiger partial charge in [0.15, 0.2) is 0 Å². The van der Waals surface area contributed by atoms with Crippen LogP contribution in [0.15, 0.2) is 12.5 Å². The van der Waals surface area contributed by atoms with E-state index in [0.29, 0.717) is 12.0 Å². The van der Waals surface area contributed by atoms with Crippen molar-refractivity contribution in [3.05, 3.63) is 18.2 Å². The summed E-state index contributed by atoms with van der Waals surface area (Å²) in [5, 5.41) is 0. The molecule has 0 N–H and O–H groups in total. The standard InChI is InChI=1S/C19H36N2/c1-5-7-9-11-13-18(14-12-10-8-6-2)19-15-20-16-21(19)17(3)4/h15-18H,5-14H2,1-4H3. The second kappa shape index (κ2) is 10.9. The SMILES string of the molecule is CCCCCCC(CCCCCC)c1cncn1C(C)C. The fourth-order valence-corrected chi connectivity index (χ4v) is 3.14. The third-order valence-corrected chi connectivity index (χ3v) is 4.48. The maximum absolute atomic E-state index is 4.42. The van der Waals surface area contributed by atoms with Crippen LogP contribution in [0.25, 0.3) is 0 Å². The number of aromatic nitrogens is 2. The van der Waals surface area contributed by atoms with Gasteiger partial charge in [0.1, 0.15) is 0 Å². The Hall–Kier alpha value is -0.790. The predicted molar refractivity (Wildman–Crippen MR) is 92.9 cm³/mol. The lowest BCUT2D eigenvalue weighted by Crippen LogP contribution is -2.10. The van der Waals surface area contributed by atoms with Gasteiger partial charge in [0.25, 0.3) is 0 Å². The first-order valence-electron chi connectivity index (χ1n) is 9.22. The van der Waals surface area contributed by atoms with Crippen LogP contribution in [0.4, 0.5) is 0 Å². The monoisotopic (exact) mass is 292 g/mol. The number of rotatable bonds is 12. The summed E-state index contributed by atoms with van der Waals surface area (Å²) in [7, 11) is 0. The summed E-state index contributed by atoms with van der Waals surface area (Å²) in [5.41, 5.74) is 1.47. The van der Waals surface area contributed by atoms with Crippen molar-refractivity contribution in [2.24, 2.45) is 0 Å². The van der Waals surface area contributed by atoms with Crippen LogP contribution in [0.5, 0.6) is 0 Å². The molecular weight excluding hydrogens is 256 g/mol. The van der Waals surface area contributed by atoms with Gasteiger partial charge in [-0.2, -0.15) is 0 Å². The van der Waals surface area contributed by atoms with E-state index >= 15 is 0 Å². The largest absolute Gasteiger partial charge is 0.332 e. The molecule has 0 aromatic carbocycles. The molecule has 0 aliphatic carbocycles. The molecule has 0 aliphatic heterocycles. The molecule has 1 aromatic heterocycles. The van der Waals surface area contributed by atoms with Crippen molar-refractivity contribution in [2.45, 2.75) is 104 Å². The molecule has 0 amide bonds. The van der Waals surface area contributed by atoms with E-state index in [0.717, 1.165) is 0 Å². The molecule has 0 unspecified atom stereocenters. The topological polar surface area (TPSA) is 17.8 Å². The van der Waals surface area contributed by atoms with Gasteiger partial charge in [-0.05, 0) is 26.7 Å². The average Bonchev–Trinajstić information content (AvgIpc) is 2.95. The van der Waals surface area contributed by atoms with Gasteiger partial charge in [0.05, 0.1) is 6.33 Å². The fourth-order valence-electron chi connectivity index (χ4n) is 3.14. The van der Waals surface area contributed by atoms with E-state index in [-0.39, 0.29) is 0 Å². The van der Waals surface area contributed by atoms with Crippen LogP contribution >= 0.6 is 0 Å². The van der Waals surface area contributed by atoms with Gasteiger partial charge in [0.2, 0.25) is 0 Å². The first kappa shape index (κ1) is 18.3. The average molecular weight is 293 g/mol. The Labute approximate surface area is 132 Å². The van der Waals surface area contributed by atoms with Crippen molar-refractivity contribution in [2.75, 3.05) is 0 Å². The summed E-state index contributed by atoms with van der Waals surface area (Å²) in [6.07, 6.45) is 17.7. The predicted octanol–water partition coefficient (Wildman–Crippen LogP) is 6.49. The van der Waals surface area contributed by atoms with Crippen molar-refractivity contribution in [1.82, 2.24) is 9.55 Å². The van der Waals surface area contributed by atoms with Crippen molar-refractivity contribution in [3.63, 3.8) is 0 Å². The maximum atomic E-state index is 4.42. The molecule has 0 spiro atoms. The Morgan fingerprint density at radius 2 is 1.48 bits per heavy atom. The van der Waals surface area contributed by atoms with E-state index in [1.807, 2.05) is 6.33 Å². The van der Waals surface area contributed by atoms with Gasteiger partial charge in [0, 0.05) is 23.9 Å². The van der Waals surface area contributed by atoms with Crippen LogP contribution in [0, 0.1) is 0 Å². The van der Waals surface area contributed by atoms with Crippen molar-refractivity contribution >= 4 is 0 Å². The summed E-state index contributed by atoms with van der Waals surface area (Å²) < 4.78 is 2.38. The second-order valence-electron chi connectivity index (χ2n) is 6.72. The summed E-state index contributed by atoms with van der Waals surface area (Å²) in [5.74, 6) is 0.712. The number of imidazole rings is 1. The number of nitrogens with zero attached hydrogens (tertiary/aromatic N) is 2. The molecule has 1 aromatic rings. The Bertz CT molecular complexity index is 342. The second-order valence-corrected chi connectivity index (χ2v) is 6.72. The minimum atomic E-state index is 0.524. The van der Waals surface area contributed by atoms with Crippen LogP contribution in [0.2, 0.25) is 0 Å². The molecule has 1 heterocycles. The molecule has 0 bridgehead atoms. The Morgan fingerprint density at radius 1 is 0.905 bits per heavy atom. The first-order valence-corrected chi connectivity index (χ1v) is 9.22. The molecule has 0 saturated carbocycles. The molecule has 0 fully saturated rings. The van der Waals surface area contributed by atoms with Gasteiger partial charge in [-0.3, -0.25) is 0 Å². The van der Waals surface area contributed by atoms with Crippen molar-refractivity contribution in [3.8, 4) is 0 Å². The Kier molecular flexibility index (Phi) is 9.45. The van der Waals surface area contributed by atoms with Gasteiger partial charge < -0.3 is 4.57 Å². The lowest BCUT2D eigenvalue weighted by atomic mass is 9.91. The number of hydrogen-bond acceptors (Lipinski definition) is 1. The number of hydrogen-bond donors (Lipinski definition) is 0. The van der Waals surface area contributed by atoms with E-state index in [1.54, 1.807) is 0 Å². The van der Waals surface area contributed by atoms with Gasteiger partial charge in [-0.1, -0.05) is 65.2 Å². The molecule has 0 atom stereocenters. The van der Waals surface area contributed by atoms with Crippen LogP contribution in [0.1, 0.15) is 110 Å². The highest BCUT2D eigenvalue weighted by Gasteiger charge is 2.16. The lowest BCUT2D eigenvalue weighted by Gasteiger charge is -2.21. The molecule has 0 saturated heterocycles. The van der Waals surface area contributed by atoms with Crippen LogP contribution in [-0.4, -0.2) is 9.55 Å². The highest BCUT2D eigenvalue weighted by atomic mass is 15.1. The van der Waals surface area contributed by atoms with Crippen LogP contribution in [0.3, 0.4) is 0 Å². The van der Waals surface area contributed by atoms with Crippen LogP contribution < -0.4 is 0 Å². The van der Waals surface area contributed by atoms with Crippen molar-refractivity contribution in [1.29, 1.82) is 0 Å². The van der Waals surface area contributed by atoms with Gasteiger partial charge in [-0.25, -0.2) is 4.98 Å². The summed E-state index contributed by atoms with van der Waals surface area (Å²) >= 11 is 0. The zero-order valence-electron chi connectivity index (χ0n) is 14.8. The van der Waals surface area contributed by atoms with E-state index in [2.05, 4.69) is 43.4 Å². The quantitative estimate of drug-likeness (QED) is 0.403. The maximum Gasteiger partial charge on any atom is 0.0950 e. The molecule has 0 radical (unpaired) electrons. The minimum absolute atomic E-state index is 0.524.